The number of alkyl carbamates (subject to hydrolysis) is 1. The van der Waals surface area contributed by atoms with Crippen LogP contribution in [0.3, 0.4) is 0 Å². The highest BCUT2D eigenvalue weighted by molar-refractivity contribution is 7.92. The molecule has 6 aromatic carbocycles. The third kappa shape index (κ3) is 11.6. The van der Waals surface area contributed by atoms with Gasteiger partial charge >= 0.3 is 6.09 Å². The number of hydrogen-bond donors (Lipinski definition) is 6. The largest absolute Gasteiger partial charge is 0.444 e. The van der Waals surface area contributed by atoms with E-state index in [-0.39, 0.29) is 17.9 Å². The van der Waals surface area contributed by atoms with Crippen molar-refractivity contribution in [2.75, 3.05) is 32.6 Å². The van der Waals surface area contributed by atoms with Gasteiger partial charge in [0.1, 0.15) is 17.2 Å². The van der Waals surface area contributed by atoms with Crippen molar-refractivity contribution in [1.29, 1.82) is 0 Å². The van der Waals surface area contributed by atoms with Crippen molar-refractivity contribution in [2.24, 2.45) is 5.73 Å². The van der Waals surface area contributed by atoms with Crippen LogP contribution in [0.2, 0.25) is 0 Å². The Hall–Kier alpha value is -9.34. The van der Waals surface area contributed by atoms with Crippen LogP contribution in [-0.2, 0) is 35.9 Å². The molecule has 448 valence electrons. The van der Waals surface area contributed by atoms with Crippen molar-refractivity contribution in [2.45, 2.75) is 76.0 Å². The Kier molecular flexibility index (Phi) is 15.3. The number of carbonyl (C=O) groups excluding carboxylic acids is 1. The summed E-state index contributed by atoms with van der Waals surface area (Å²) in [5.74, 6) is 2.97. The zero-order valence-corrected chi connectivity index (χ0v) is 51.4. The van der Waals surface area contributed by atoms with Crippen LogP contribution < -0.4 is 31.1 Å². The molecule has 14 rings (SSSR count). The van der Waals surface area contributed by atoms with E-state index < -0.39 is 37.3 Å². The molecule has 2 saturated carbocycles. The van der Waals surface area contributed by atoms with E-state index in [1.165, 1.54) is 0 Å². The summed E-state index contributed by atoms with van der Waals surface area (Å²) in [6.07, 6.45) is 11.2. The van der Waals surface area contributed by atoms with E-state index in [0.29, 0.717) is 17.2 Å². The summed E-state index contributed by atoms with van der Waals surface area (Å²) >= 11 is 0. The van der Waals surface area contributed by atoms with Gasteiger partial charge in [0.05, 0.1) is 63.6 Å². The van der Waals surface area contributed by atoms with E-state index in [0.717, 1.165) is 159 Å². The minimum absolute atomic E-state index is 0. The number of imidazole rings is 2. The van der Waals surface area contributed by atoms with Gasteiger partial charge in [-0.2, -0.15) is 0 Å². The topological polar surface area (TPSA) is 242 Å². The number of benzene rings is 6. The van der Waals surface area contributed by atoms with Crippen LogP contribution >= 0.6 is 12.4 Å². The molecule has 0 unspecified atom stereocenters. The number of hydrogen-bond acceptors (Lipinski definition) is 13. The summed E-state index contributed by atoms with van der Waals surface area (Å²) in [5.41, 5.74) is 20.7. The number of ether oxygens (including phenoxy) is 1. The number of nitrogens with zero attached hydrogens (tertiary/aromatic N) is 6. The zero-order valence-electron chi connectivity index (χ0n) is 49.0. The Morgan fingerprint density at radius 3 is 1.34 bits per heavy atom. The van der Waals surface area contributed by atoms with Crippen molar-refractivity contribution in [3.8, 4) is 79.2 Å². The van der Waals surface area contributed by atoms with Crippen molar-refractivity contribution in [3.63, 3.8) is 0 Å². The SMILES string of the molecule is CC(C)(C)OC(=O)NC1(c2ccc(-c3c(-c4ccc(NS(C)(=O)=O)cc4)nc4n3-c3cccnc3Nc3ccccc3-4)cc2)CCC1.CS(=O)(=O)Nc1ccc(-c2nc3n(c2-c2ccc(C4(N)CCC4)cc2)-c2cccnc2Nc2ccccc2-3)cc1.Cl. The van der Waals surface area contributed by atoms with Crippen LogP contribution in [0.25, 0.3) is 79.2 Å². The number of sulfonamides is 2. The third-order valence-corrected chi connectivity index (χ3v) is 17.4. The summed E-state index contributed by atoms with van der Waals surface area (Å²) < 4.78 is 62.2. The fraction of sp³-hybridized carbons (Fsp3) is 0.209. The van der Waals surface area contributed by atoms with Crippen molar-refractivity contribution in [1.82, 2.24) is 34.4 Å². The second kappa shape index (κ2) is 22.7. The maximum Gasteiger partial charge on any atom is 0.408 e. The van der Waals surface area contributed by atoms with Gasteiger partial charge in [0.2, 0.25) is 20.0 Å². The lowest BCUT2D eigenvalue weighted by Gasteiger charge is -2.43. The van der Waals surface area contributed by atoms with Crippen molar-refractivity contribution < 1.29 is 26.4 Å². The Balaban J connectivity index is 0.000000171. The minimum atomic E-state index is -3.43. The van der Waals surface area contributed by atoms with Crippen LogP contribution in [0.1, 0.15) is 70.4 Å². The van der Waals surface area contributed by atoms with Gasteiger partial charge in [0.15, 0.2) is 11.6 Å². The third-order valence-electron chi connectivity index (χ3n) is 16.2. The van der Waals surface area contributed by atoms with E-state index in [2.05, 4.69) is 99.1 Å². The number of anilines is 6. The molecule has 18 nitrogen and oxygen atoms in total. The summed E-state index contributed by atoms with van der Waals surface area (Å²) in [6, 6.07) is 55.3. The minimum Gasteiger partial charge on any atom is -0.444 e. The van der Waals surface area contributed by atoms with Crippen LogP contribution in [0, 0.1) is 0 Å². The molecule has 2 fully saturated rings. The molecule has 6 heterocycles. The number of fused-ring (bicyclic) bond motifs is 10. The molecule has 10 aromatic rings. The van der Waals surface area contributed by atoms with Gasteiger partial charge in [0.25, 0.3) is 0 Å². The van der Waals surface area contributed by atoms with Gasteiger partial charge in [-0.05, 0) is 143 Å². The first-order valence-corrected chi connectivity index (χ1v) is 32.5. The van der Waals surface area contributed by atoms with Gasteiger partial charge in [-0.25, -0.2) is 41.6 Å². The predicted octanol–water partition coefficient (Wildman–Crippen LogP) is 14.1. The number of pyridine rings is 2. The molecule has 4 aromatic heterocycles. The molecule has 2 aliphatic carbocycles. The highest BCUT2D eigenvalue weighted by atomic mass is 35.5. The lowest BCUT2D eigenvalue weighted by atomic mass is 9.71. The van der Waals surface area contributed by atoms with Gasteiger partial charge in [-0.3, -0.25) is 18.6 Å². The predicted molar refractivity (Wildman–Crippen MR) is 351 cm³/mol. The van der Waals surface area contributed by atoms with Gasteiger partial charge < -0.3 is 26.4 Å². The Morgan fingerprint density at radius 1 is 0.545 bits per heavy atom. The van der Waals surface area contributed by atoms with Crippen LogP contribution in [-0.4, -0.2) is 70.1 Å². The number of halogens is 1. The Labute approximate surface area is 517 Å². The fourth-order valence-electron chi connectivity index (χ4n) is 11.9. The standard InChI is InChI=1S/C36H36N6O4S.C31H28N6O2S.ClH/c1-35(2,3)46-34(43)40-36(20-8-21-36)25-16-12-24(13-17-25)31-30(23-14-18-26(19-15-23)41-47(4,44)45)39-33-27-9-5-6-10-28(27)38-32-29(42(31)33)11-7-22-37-32;1-40(38,39)36-23-15-11-20(12-16-23)27-28(21-9-13-22(14-10-21)31(32)17-5-18-31)37-26-8-4-19-33-29(26)34-25-7-3-2-6-24(25)30(37)35-27;/h5-7,9-19,22,41H,8,20-21H2,1-4H3,(H,37,38)(H,40,43);2-4,6-16,19,36H,5,17-18,32H2,1H3,(H,33,34);1H. The molecule has 4 aliphatic rings. The number of nitrogens with one attached hydrogen (secondary N) is 5. The van der Waals surface area contributed by atoms with Crippen LogP contribution in [0.4, 0.5) is 39.2 Å². The number of nitrogens with two attached hydrogens (primary N) is 1. The van der Waals surface area contributed by atoms with E-state index in [4.69, 9.17) is 20.4 Å². The highest BCUT2D eigenvalue weighted by Crippen LogP contribution is 2.49. The summed E-state index contributed by atoms with van der Waals surface area (Å²) in [5, 5.41) is 10.1. The van der Waals surface area contributed by atoms with E-state index in [1.807, 2.05) is 112 Å². The summed E-state index contributed by atoms with van der Waals surface area (Å²) in [6.45, 7) is 5.58. The highest BCUT2D eigenvalue weighted by Gasteiger charge is 2.42. The van der Waals surface area contributed by atoms with E-state index in [9.17, 15) is 21.6 Å². The molecular formula is C67H65ClN12O6S2. The average molecular weight is 1230 g/mol. The maximum absolute atomic E-state index is 12.8. The zero-order chi connectivity index (χ0) is 60.5. The normalized spacial score (nSPS) is 14.7. The van der Waals surface area contributed by atoms with Crippen LogP contribution in [0.15, 0.2) is 182 Å². The molecule has 21 heteroatoms. The number of para-hydroxylation sites is 2. The molecule has 7 N–H and O–H groups in total. The van der Waals surface area contributed by atoms with Gasteiger partial charge in [-0.15, -0.1) is 12.4 Å². The molecule has 2 aliphatic heterocycles. The smallest absolute Gasteiger partial charge is 0.408 e. The molecule has 0 bridgehead atoms. The number of aromatic nitrogens is 6. The lowest BCUT2D eigenvalue weighted by molar-refractivity contribution is 0.0377. The molecule has 88 heavy (non-hydrogen) atoms. The van der Waals surface area contributed by atoms with Crippen molar-refractivity contribution >= 4 is 72.9 Å². The Morgan fingerprint density at radius 2 is 0.955 bits per heavy atom. The summed E-state index contributed by atoms with van der Waals surface area (Å²) in [4.78, 5) is 32.6. The van der Waals surface area contributed by atoms with E-state index >= 15 is 0 Å². The number of carbonyl (C=O) groups is 1. The summed E-state index contributed by atoms with van der Waals surface area (Å²) in [7, 11) is -6.81. The molecule has 0 spiro atoms. The second-order valence-electron chi connectivity index (χ2n) is 23.6. The number of rotatable bonds is 11. The first kappa shape index (κ1) is 59.0. The van der Waals surface area contributed by atoms with Crippen LogP contribution in [0.5, 0.6) is 0 Å². The van der Waals surface area contributed by atoms with E-state index in [1.54, 1.807) is 36.7 Å². The monoisotopic (exact) mass is 1230 g/mol. The maximum atomic E-state index is 12.8. The Bertz CT molecular complexity index is 4540. The first-order chi connectivity index (χ1) is 41.7. The fourth-order valence-corrected chi connectivity index (χ4v) is 13.0. The average Bonchev–Trinajstić information content (AvgIpc) is 1.60. The second-order valence-corrected chi connectivity index (χ2v) is 27.1. The quantitative estimate of drug-likeness (QED) is 0.0707. The molecule has 0 radical (unpaired) electrons. The first-order valence-electron chi connectivity index (χ1n) is 28.8. The lowest BCUT2D eigenvalue weighted by Crippen LogP contribution is -2.52. The number of amides is 1. The van der Waals surface area contributed by atoms with Gasteiger partial charge in [0, 0.05) is 62.7 Å². The molecule has 0 saturated heterocycles. The molecule has 0 atom stereocenters. The van der Waals surface area contributed by atoms with Crippen molar-refractivity contribution in [3.05, 3.63) is 193 Å². The molecule has 1 amide bonds. The molecular weight excluding hydrogens is 1170 g/mol. The van der Waals surface area contributed by atoms with Gasteiger partial charge in [-0.1, -0.05) is 97.1 Å².